The first-order valence-electron chi connectivity index (χ1n) is 5.35. The first-order valence-corrected chi connectivity index (χ1v) is 5.35. The van der Waals surface area contributed by atoms with Crippen LogP contribution < -0.4 is 0 Å². The minimum atomic E-state index is -4.07. The van der Waals surface area contributed by atoms with Gasteiger partial charge in [0.15, 0.2) is 0 Å². The van der Waals surface area contributed by atoms with E-state index in [4.69, 9.17) is 0 Å². The lowest BCUT2D eigenvalue weighted by Gasteiger charge is -2.19. The van der Waals surface area contributed by atoms with Crippen LogP contribution in [-0.4, -0.2) is 6.18 Å². The van der Waals surface area contributed by atoms with Gasteiger partial charge in [0.1, 0.15) is 0 Å². The van der Waals surface area contributed by atoms with Gasteiger partial charge in [-0.25, -0.2) is 0 Å². The molecule has 0 atom stereocenters. The second-order valence-corrected chi connectivity index (χ2v) is 5.06. The molecule has 0 spiro atoms. The summed E-state index contributed by atoms with van der Waals surface area (Å²) < 4.78 is 36.0. The van der Waals surface area contributed by atoms with Crippen LogP contribution >= 0.6 is 0 Å². The van der Waals surface area contributed by atoms with Crippen LogP contribution in [0.25, 0.3) is 0 Å². The molecule has 0 aliphatic carbocycles. The second kappa shape index (κ2) is 4.48. The highest BCUT2D eigenvalue weighted by atomic mass is 19.4. The maximum atomic E-state index is 12.0. The van der Waals surface area contributed by atoms with Gasteiger partial charge in [-0.1, -0.05) is 45.0 Å². The lowest BCUT2D eigenvalue weighted by atomic mass is 9.86. The molecule has 0 N–H and O–H groups in total. The molecule has 1 aromatic rings. The van der Waals surface area contributed by atoms with Gasteiger partial charge in [-0.3, -0.25) is 0 Å². The monoisotopic (exact) mass is 230 g/mol. The molecule has 1 aromatic carbocycles. The molecule has 0 saturated carbocycles. The lowest BCUT2D eigenvalue weighted by Crippen LogP contribution is -2.11. The number of alkyl halides is 3. The molecular formula is C13H17F3. The van der Waals surface area contributed by atoms with E-state index in [1.807, 2.05) is 12.1 Å². The van der Waals surface area contributed by atoms with E-state index in [0.717, 1.165) is 11.1 Å². The number of halogens is 3. The van der Waals surface area contributed by atoms with Crippen molar-refractivity contribution in [2.75, 3.05) is 0 Å². The zero-order valence-corrected chi connectivity index (χ0v) is 9.86. The first-order chi connectivity index (χ1) is 7.18. The SMILES string of the molecule is CC(C)(C)c1ccc(CCC(F)(F)F)cc1. The third kappa shape index (κ3) is 4.25. The molecule has 0 heterocycles. The van der Waals surface area contributed by atoms with Crippen LogP contribution in [0.1, 0.15) is 38.3 Å². The standard InChI is InChI=1S/C13H17F3/c1-12(2,3)11-6-4-10(5-7-11)8-9-13(14,15)16/h4-7H,8-9H2,1-3H3. The van der Waals surface area contributed by atoms with Gasteiger partial charge in [-0.2, -0.15) is 13.2 Å². The number of hydrogen-bond acceptors (Lipinski definition) is 0. The summed E-state index contributed by atoms with van der Waals surface area (Å²) in [6.07, 6.45) is -4.75. The largest absolute Gasteiger partial charge is 0.389 e. The molecule has 16 heavy (non-hydrogen) atoms. The quantitative estimate of drug-likeness (QED) is 0.702. The minimum absolute atomic E-state index is 0.0442. The summed E-state index contributed by atoms with van der Waals surface area (Å²) >= 11 is 0. The maximum absolute atomic E-state index is 12.0. The minimum Gasteiger partial charge on any atom is -0.171 e. The Balaban J connectivity index is 2.66. The van der Waals surface area contributed by atoms with Gasteiger partial charge in [0, 0.05) is 6.42 Å². The summed E-state index contributed by atoms with van der Waals surface area (Å²) in [5.74, 6) is 0. The maximum Gasteiger partial charge on any atom is 0.389 e. The van der Waals surface area contributed by atoms with Gasteiger partial charge in [0.05, 0.1) is 0 Å². The van der Waals surface area contributed by atoms with Crippen LogP contribution in [-0.2, 0) is 11.8 Å². The van der Waals surface area contributed by atoms with E-state index in [1.165, 1.54) is 0 Å². The third-order valence-corrected chi connectivity index (χ3v) is 2.52. The van der Waals surface area contributed by atoms with Crippen molar-refractivity contribution in [2.45, 2.75) is 45.2 Å². The van der Waals surface area contributed by atoms with Crippen molar-refractivity contribution in [2.24, 2.45) is 0 Å². The van der Waals surface area contributed by atoms with Crippen molar-refractivity contribution in [1.82, 2.24) is 0 Å². The Morgan fingerprint density at radius 3 is 1.81 bits per heavy atom. The lowest BCUT2D eigenvalue weighted by molar-refractivity contribution is -0.133. The van der Waals surface area contributed by atoms with Crippen molar-refractivity contribution in [1.29, 1.82) is 0 Å². The summed E-state index contributed by atoms with van der Waals surface area (Å²) in [4.78, 5) is 0. The van der Waals surface area contributed by atoms with Crippen molar-refractivity contribution in [3.63, 3.8) is 0 Å². The van der Waals surface area contributed by atoms with Crippen molar-refractivity contribution < 1.29 is 13.2 Å². The molecule has 0 aliphatic rings. The topological polar surface area (TPSA) is 0 Å². The fourth-order valence-electron chi connectivity index (χ4n) is 1.46. The zero-order valence-electron chi connectivity index (χ0n) is 9.86. The normalized spacial score (nSPS) is 12.9. The van der Waals surface area contributed by atoms with Crippen LogP contribution in [0.3, 0.4) is 0 Å². The predicted molar refractivity (Wildman–Crippen MR) is 59.5 cm³/mol. The molecule has 3 heteroatoms. The average molecular weight is 230 g/mol. The van der Waals surface area contributed by atoms with Crippen molar-refractivity contribution in [3.8, 4) is 0 Å². The molecule has 0 saturated heterocycles. The Hall–Kier alpha value is -0.990. The highest BCUT2D eigenvalue weighted by Gasteiger charge is 2.26. The Kier molecular flexibility index (Phi) is 3.66. The van der Waals surface area contributed by atoms with Gasteiger partial charge in [-0.05, 0) is 23.0 Å². The van der Waals surface area contributed by atoms with Crippen LogP contribution in [0.2, 0.25) is 0 Å². The fourth-order valence-corrected chi connectivity index (χ4v) is 1.46. The molecule has 0 aliphatic heterocycles. The summed E-state index contributed by atoms with van der Waals surface area (Å²) in [6, 6.07) is 7.38. The summed E-state index contributed by atoms with van der Waals surface area (Å²) in [5, 5.41) is 0. The number of rotatable bonds is 2. The van der Waals surface area contributed by atoms with E-state index in [1.54, 1.807) is 12.1 Å². The van der Waals surface area contributed by atoms with Crippen molar-refractivity contribution >= 4 is 0 Å². The molecule has 0 nitrogen and oxygen atoms in total. The Bertz CT molecular complexity index is 328. The molecule has 0 amide bonds. The van der Waals surface area contributed by atoms with Crippen LogP contribution in [0.15, 0.2) is 24.3 Å². The van der Waals surface area contributed by atoms with E-state index in [-0.39, 0.29) is 11.8 Å². The van der Waals surface area contributed by atoms with E-state index in [2.05, 4.69) is 20.8 Å². The molecule has 0 unspecified atom stereocenters. The number of benzene rings is 1. The van der Waals surface area contributed by atoms with Crippen LogP contribution in [0, 0.1) is 0 Å². The smallest absolute Gasteiger partial charge is 0.171 e. The molecule has 0 bridgehead atoms. The van der Waals surface area contributed by atoms with Gasteiger partial charge in [0.25, 0.3) is 0 Å². The Morgan fingerprint density at radius 2 is 1.44 bits per heavy atom. The number of aryl methyl sites for hydroxylation is 1. The highest BCUT2D eigenvalue weighted by molar-refractivity contribution is 5.27. The van der Waals surface area contributed by atoms with Gasteiger partial charge in [-0.15, -0.1) is 0 Å². The summed E-state index contributed by atoms with van der Waals surface area (Å²) in [6.45, 7) is 6.24. The van der Waals surface area contributed by atoms with E-state index < -0.39 is 12.6 Å². The fraction of sp³-hybridized carbons (Fsp3) is 0.538. The molecule has 1 rings (SSSR count). The summed E-state index contributed by atoms with van der Waals surface area (Å²) in [5.41, 5.74) is 1.93. The molecular weight excluding hydrogens is 213 g/mol. The molecule has 0 aromatic heterocycles. The van der Waals surface area contributed by atoms with Gasteiger partial charge >= 0.3 is 6.18 Å². The first kappa shape index (κ1) is 13.1. The summed E-state index contributed by atoms with van der Waals surface area (Å²) in [7, 11) is 0. The van der Waals surface area contributed by atoms with Crippen molar-refractivity contribution in [3.05, 3.63) is 35.4 Å². The Labute approximate surface area is 94.5 Å². The second-order valence-electron chi connectivity index (χ2n) is 5.06. The van der Waals surface area contributed by atoms with E-state index in [0.29, 0.717) is 0 Å². The highest BCUT2D eigenvalue weighted by Crippen LogP contribution is 2.25. The van der Waals surface area contributed by atoms with E-state index >= 15 is 0 Å². The molecule has 90 valence electrons. The predicted octanol–water partition coefficient (Wildman–Crippen LogP) is 4.48. The van der Waals surface area contributed by atoms with Crippen LogP contribution in [0.5, 0.6) is 0 Å². The Morgan fingerprint density at radius 1 is 0.938 bits per heavy atom. The van der Waals surface area contributed by atoms with Gasteiger partial charge in [0.2, 0.25) is 0 Å². The molecule has 0 radical (unpaired) electrons. The molecule has 0 fully saturated rings. The average Bonchev–Trinajstić information content (AvgIpc) is 2.13. The van der Waals surface area contributed by atoms with Gasteiger partial charge < -0.3 is 0 Å². The zero-order chi connectivity index (χ0) is 12.4. The number of hydrogen-bond donors (Lipinski definition) is 0. The third-order valence-electron chi connectivity index (χ3n) is 2.52. The van der Waals surface area contributed by atoms with Crippen LogP contribution in [0.4, 0.5) is 13.2 Å². The van der Waals surface area contributed by atoms with E-state index in [9.17, 15) is 13.2 Å².